The lowest BCUT2D eigenvalue weighted by molar-refractivity contribution is -0.143. The van der Waals surface area contributed by atoms with E-state index in [0.29, 0.717) is 0 Å². The molecule has 1 unspecified atom stereocenters. The van der Waals surface area contributed by atoms with Gasteiger partial charge in [0.15, 0.2) is 0 Å². The molecule has 0 saturated heterocycles. The molecule has 94 valence electrons. The van der Waals surface area contributed by atoms with Gasteiger partial charge in [-0.3, -0.25) is 4.79 Å². The average Bonchev–Trinajstić information content (AvgIpc) is 2.36. The molecule has 1 aromatic rings. The molecule has 3 nitrogen and oxygen atoms in total. The first kappa shape index (κ1) is 13.7. The summed E-state index contributed by atoms with van der Waals surface area (Å²) in [6, 6.07) is 8.11. The number of hydrogen-bond donors (Lipinski definition) is 1. The Hall–Kier alpha value is -1.35. The largest absolute Gasteiger partial charge is 0.468 e. The molecule has 1 aromatic carbocycles. The molecule has 0 aliphatic heterocycles. The van der Waals surface area contributed by atoms with E-state index in [9.17, 15) is 4.79 Å². The van der Waals surface area contributed by atoms with Crippen molar-refractivity contribution in [2.45, 2.75) is 32.7 Å². The second kappa shape index (κ2) is 7.07. The molecule has 0 saturated carbocycles. The van der Waals surface area contributed by atoms with Crippen LogP contribution in [-0.2, 0) is 16.0 Å². The molecule has 17 heavy (non-hydrogen) atoms. The van der Waals surface area contributed by atoms with E-state index in [1.807, 2.05) is 19.1 Å². The van der Waals surface area contributed by atoms with Crippen molar-refractivity contribution < 1.29 is 9.53 Å². The molecule has 0 spiro atoms. The number of carbonyl (C=O) groups excluding carboxylic acids is 1. The Labute approximate surface area is 103 Å². The Morgan fingerprint density at radius 3 is 2.71 bits per heavy atom. The molecule has 1 N–H and O–H groups in total. The summed E-state index contributed by atoms with van der Waals surface area (Å²) < 4.78 is 4.73. The zero-order chi connectivity index (χ0) is 12.7. The van der Waals surface area contributed by atoms with E-state index in [1.54, 1.807) is 0 Å². The summed E-state index contributed by atoms with van der Waals surface area (Å²) in [5.74, 6) is -0.183. The third-order valence-electron chi connectivity index (χ3n) is 2.94. The molecule has 0 radical (unpaired) electrons. The molecule has 0 aliphatic rings. The molecule has 0 amide bonds. The van der Waals surface area contributed by atoms with Crippen LogP contribution in [-0.4, -0.2) is 25.7 Å². The number of methoxy groups -OCH3 is 1. The van der Waals surface area contributed by atoms with Crippen LogP contribution < -0.4 is 5.32 Å². The number of nitrogens with one attached hydrogen (secondary N) is 1. The molecule has 0 aromatic heterocycles. The van der Waals surface area contributed by atoms with Gasteiger partial charge in [-0.1, -0.05) is 31.2 Å². The molecule has 1 atom stereocenters. The van der Waals surface area contributed by atoms with Gasteiger partial charge in [0.25, 0.3) is 0 Å². The Balaban J connectivity index is 2.42. The summed E-state index contributed by atoms with van der Waals surface area (Å²) in [6.45, 7) is 4.87. The smallest absolute Gasteiger partial charge is 0.322 e. The second-order valence-electron chi connectivity index (χ2n) is 4.11. The minimum Gasteiger partial charge on any atom is -0.468 e. The van der Waals surface area contributed by atoms with Crippen LogP contribution >= 0.6 is 0 Å². The van der Waals surface area contributed by atoms with Crippen molar-refractivity contribution in [2.24, 2.45) is 0 Å². The number of ether oxygens (including phenoxy) is 1. The number of rotatable bonds is 6. The number of carbonyl (C=O) groups is 1. The van der Waals surface area contributed by atoms with Crippen LogP contribution in [0.15, 0.2) is 24.3 Å². The lowest BCUT2D eigenvalue weighted by Gasteiger charge is -2.14. The number of hydrogen-bond acceptors (Lipinski definition) is 3. The maximum Gasteiger partial charge on any atom is 0.322 e. The molecular weight excluding hydrogens is 214 g/mol. The van der Waals surface area contributed by atoms with Gasteiger partial charge in [-0.25, -0.2) is 0 Å². The van der Waals surface area contributed by atoms with E-state index in [0.717, 1.165) is 19.4 Å². The molecular formula is C14H21NO2. The van der Waals surface area contributed by atoms with Crippen LogP contribution in [0.25, 0.3) is 0 Å². The van der Waals surface area contributed by atoms with Crippen molar-refractivity contribution in [2.75, 3.05) is 13.7 Å². The summed E-state index contributed by atoms with van der Waals surface area (Å²) in [4.78, 5) is 11.4. The molecule has 0 aliphatic carbocycles. The Morgan fingerprint density at radius 2 is 2.12 bits per heavy atom. The van der Waals surface area contributed by atoms with Gasteiger partial charge >= 0.3 is 5.97 Å². The minimum absolute atomic E-state index is 0.183. The van der Waals surface area contributed by atoms with Gasteiger partial charge < -0.3 is 10.1 Å². The van der Waals surface area contributed by atoms with E-state index >= 15 is 0 Å². The van der Waals surface area contributed by atoms with Crippen LogP contribution in [0.5, 0.6) is 0 Å². The van der Waals surface area contributed by atoms with Gasteiger partial charge in [0.1, 0.15) is 6.04 Å². The predicted molar refractivity (Wildman–Crippen MR) is 69.0 cm³/mol. The molecule has 1 rings (SSSR count). The topological polar surface area (TPSA) is 38.3 Å². The summed E-state index contributed by atoms with van der Waals surface area (Å²) in [7, 11) is 1.42. The van der Waals surface area contributed by atoms with Gasteiger partial charge in [0, 0.05) is 0 Å². The predicted octanol–water partition coefficient (Wildman–Crippen LogP) is 2.08. The monoisotopic (exact) mass is 235 g/mol. The Morgan fingerprint density at radius 1 is 1.41 bits per heavy atom. The van der Waals surface area contributed by atoms with Crippen molar-refractivity contribution in [1.82, 2.24) is 5.32 Å². The van der Waals surface area contributed by atoms with Crippen molar-refractivity contribution in [3.8, 4) is 0 Å². The van der Waals surface area contributed by atoms with Gasteiger partial charge in [-0.2, -0.15) is 0 Å². The number of benzene rings is 1. The van der Waals surface area contributed by atoms with Crippen LogP contribution in [0.4, 0.5) is 0 Å². The highest BCUT2D eigenvalue weighted by atomic mass is 16.5. The van der Waals surface area contributed by atoms with Gasteiger partial charge in [0.05, 0.1) is 7.11 Å². The van der Waals surface area contributed by atoms with Gasteiger partial charge in [-0.05, 0) is 37.4 Å². The van der Waals surface area contributed by atoms with Crippen LogP contribution in [0, 0.1) is 6.92 Å². The fraction of sp³-hybridized carbons (Fsp3) is 0.500. The first-order valence-electron chi connectivity index (χ1n) is 6.04. The third kappa shape index (κ3) is 4.19. The van der Waals surface area contributed by atoms with E-state index in [-0.39, 0.29) is 12.0 Å². The van der Waals surface area contributed by atoms with E-state index in [4.69, 9.17) is 4.74 Å². The number of aryl methyl sites for hydroxylation is 1. The first-order chi connectivity index (χ1) is 8.19. The normalized spacial score (nSPS) is 12.2. The highest BCUT2D eigenvalue weighted by Crippen LogP contribution is 2.07. The van der Waals surface area contributed by atoms with Crippen molar-refractivity contribution in [1.29, 1.82) is 0 Å². The fourth-order valence-electron chi connectivity index (χ4n) is 1.81. The maximum absolute atomic E-state index is 11.4. The zero-order valence-corrected chi connectivity index (χ0v) is 10.8. The summed E-state index contributed by atoms with van der Waals surface area (Å²) in [5, 5.41) is 3.22. The molecule has 0 bridgehead atoms. The lowest BCUT2D eigenvalue weighted by atomic mass is 10.1. The maximum atomic E-state index is 11.4. The SMILES string of the molecule is CCC(NCCc1ccccc1C)C(=O)OC. The summed E-state index contributed by atoms with van der Waals surface area (Å²) in [6.07, 6.45) is 1.68. The number of esters is 1. The van der Waals surface area contributed by atoms with E-state index in [1.165, 1.54) is 18.2 Å². The first-order valence-corrected chi connectivity index (χ1v) is 6.04. The standard InChI is InChI=1S/C14H21NO2/c1-4-13(14(16)17-3)15-10-9-12-8-6-5-7-11(12)2/h5-8,13,15H,4,9-10H2,1-3H3. The van der Waals surface area contributed by atoms with Crippen molar-refractivity contribution >= 4 is 5.97 Å². The van der Waals surface area contributed by atoms with Crippen LogP contribution in [0.3, 0.4) is 0 Å². The Kier molecular flexibility index (Phi) is 5.70. The zero-order valence-electron chi connectivity index (χ0n) is 10.8. The minimum atomic E-state index is -0.191. The second-order valence-corrected chi connectivity index (χ2v) is 4.11. The third-order valence-corrected chi connectivity index (χ3v) is 2.94. The Bertz CT molecular complexity index is 363. The average molecular weight is 235 g/mol. The highest BCUT2D eigenvalue weighted by Gasteiger charge is 2.15. The molecule has 3 heteroatoms. The molecule has 0 fully saturated rings. The summed E-state index contributed by atoms with van der Waals surface area (Å²) in [5.41, 5.74) is 2.61. The van der Waals surface area contributed by atoms with Crippen LogP contribution in [0.1, 0.15) is 24.5 Å². The van der Waals surface area contributed by atoms with E-state index in [2.05, 4.69) is 24.4 Å². The summed E-state index contributed by atoms with van der Waals surface area (Å²) >= 11 is 0. The highest BCUT2D eigenvalue weighted by molar-refractivity contribution is 5.75. The van der Waals surface area contributed by atoms with Crippen molar-refractivity contribution in [3.63, 3.8) is 0 Å². The van der Waals surface area contributed by atoms with Gasteiger partial charge in [-0.15, -0.1) is 0 Å². The van der Waals surface area contributed by atoms with Gasteiger partial charge in [0.2, 0.25) is 0 Å². The lowest BCUT2D eigenvalue weighted by Crippen LogP contribution is -2.38. The van der Waals surface area contributed by atoms with E-state index < -0.39 is 0 Å². The quantitative estimate of drug-likeness (QED) is 0.767. The van der Waals surface area contributed by atoms with Crippen LogP contribution in [0.2, 0.25) is 0 Å². The fourth-order valence-corrected chi connectivity index (χ4v) is 1.81. The molecule has 0 heterocycles. The van der Waals surface area contributed by atoms with Crippen molar-refractivity contribution in [3.05, 3.63) is 35.4 Å².